The number of rotatable bonds is 7. The topological polar surface area (TPSA) is 49.4 Å². The molecule has 0 aromatic heterocycles. The van der Waals surface area contributed by atoms with Crippen LogP contribution in [0.2, 0.25) is 0 Å². The number of likely N-dealkylation sites (N-methyl/N-ethyl adjacent to an activating group) is 1. The van der Waals surface area contributed by atoms with E-state index in [0.717, 1.165) is 28.8 Å². The lowest BCUT2D eigenvalue weighted by atomic mass is 9.95. The maximum atomic E-state index is 12.3. The normalized spacial score (nSPS) is 13.4. The molecule has 27 heavy (non-hydrogen) atoms. The molecule has 4 nitrogen and oxygen atoms in total. The van der Waals surface area contributed by atoms with Gasteiger partial charge in [0, 0.05) is 24.9 Å². The minimum atomic E-state index is -0.0698. The molecule has 0 spiro atoms. The molecule has 1 aromatic rings. The van der Waals surface area contributed by atoms with Crippen LogP contribution < -0.4 is 5.32 Å². The van der Waals surface area contributed by atoms with E-state index in [0.29, 0.717) is 12.1 Å². The van der Waals surface area contributed by atoms with Gasteiger partial charge in [-0.3, -0.25) is 9.59 Å². The van der Waals surface area contributed by atoms with Crippen LogP contribution in [0.5, 0.6) is 0 Å². The van der Waals surface area contributed by atoms with Crippen molar-refractivity contribution < 1.29 is 9.59 Å². The second-order valence-electron chi connectivity index (χ2n) is 7.78. The zero-order valence-electron chi connectivity index (χ0n) is 17.6. The first kappa shape index (κ1) is 22.4. The Labute approximate surface area is 163 Å². The van der Waals surface area contributed by atoms with Crippen LogP contribution in [0, 0.1) is 5.41 Å². The summed E-state index contributed by atoms with van der Waals surface area (Å²) in [4.78, 5) is 25.0. The van der Waals surface area contributed by atoms with Crippen molar-refractivity contribution in [2.45, 2.75) is 41.5 Å². The molecule has 0 saturated carbocycles. The van der Waals surface area contributed by atoms with Crippen LogP contribution in [-0.2, 0) is 4.79 Å². The molecule has 1 N–H and O–H groups in total. The monoisotopic (exact) mass is 368 g/mol. The van der Waals surface area contributed by atoms with Crippen molar-refractivity contribution in [3.63, 3.8) is 0 Å². The number of benzene rings is 1. The number of hydrogen-bond acceptors (Lipinski definition) is 2. The average Bonchev–Trinajstić information content (AvgIpc) is 2.65. The molecule has 4 heteroatoms. The van der Waals surface area contributed by atoms with Crippen LogP contribution in [0.15, 0.2) is 53.8 Å². The van der Waals surface area contributed by atoms with Gasteiger partial charge in [-0.2, -0.15) is 0 Å². The van der Waals surface area contributed by atoms with Crippen molar-refractivity contribution in [1.82, 2.24) is 10.2 Å². The first-order chi connectivity index (χ1) is 12.6. The molecule has 0 saturated heterocycles. The van der Waals surface area contributed by atoms with E-state index in [1.54, 1.807) is 7.05 Å². The molecule has 1 aromatic carbocycles. The molecule has 0 aliphatic heterocycles. The fraction of sp³-hybridized carbons (Fsp3) is 0.391. The number of allylic oxidation sites excluding steroid dienone is 5. The largest absolute Gasteiger partial charge is 0.352 e. The van der Waals surface area contributed by atoms with Crippen LogP contribution in [0.1, 0.15) is 57.5 Å². The Morgan fingerprint density at radius 2 is 1.63 bits per heavy atom. The predicted octanol–water partition coefficient (Wildman–Crippen LogP) is 4.80. The summed E-state index contributed by atoms with van der Waals surface area (Å²) in [6.07, 6.45) is 6.70. The summed E-state index contributed by atoms with van der Waals surface area (Å²) in [6, 6.07) is 7.56. The second-order valence-corrected chi connectivity index (χ2v) is 7.78. The Balaban J connectivity index is 3.16. The average molecular weight is 369 g/mol. The lowest BCUT2D eigenvalue weighted by Crippen LogP contribution is -2.32. The lowest BCUT2D eigenvalue weighted by molar-refractivity contribution is -0.115. The number of amides is 2. The van der Waals surface area contributed by atoms with E-state index in [4.69, 9.17) is 0 Å². The van der Waals surface area contributed by atoms with Crippen LogP contribution in [-0.4, -0.2) is 30.8 Å². The summed E-state index contributed by atoms with van der Waals surface area (Å²) < 4.78 is 0. The first-order valence-corrected chi connectivity index (χ1v) is 9.21. The van der Waals surface area contributed by atoms with E-state index < -0.39 is 0 Å². The minimum absolute atomic E-state index is 0.0437. The maximum Gasteiger partial charge on any atom is 0.251 e. The number of hydrogen-bond donors (Lipinski definition) is 1. The highest BCUT2D eigenvalue weighted by Gasteiger charge is 2.14. The van der Waals surface area contributed by atoms with Gasteiger partial charge in [-0.25, -0.2) is 0 Å². The molecule has 0 bridgehead atoms. The Kier molecular flexibility index (Phi) is 8.23. The van der Waals surface area contributed by atoms with E-state index in [9.17, 15) is 9.59 Å². The number of carbonyl (C=O) groups is 2. The van der Waals surface area contributed by atoms with Crippen molar-refractivity contribution >= 4 is 17.9 Å². The van der Waals surface area contributed by atoms with Crippen molar-refractivity contribution in [3.05, 3.63) is 64.9 Å². The maximum absolute atomic E-state index is 12.3. The fourth-order valence-electron chi connectivity index (χ4n) is 2.43. The van der Waals surface area contributed by atoms with E-state index in [1.165, 1.54) is 4.90 Å². The van der Waals surface area contributed by atoms with E-state index in [2.05, 4.69) is 26.1 Å². The molecule has 0 fully saturated rings. The minimum Gasteiger partial charge on any atom is -0.352 e. The summed E-state index contributed by atoms with van der Waals surface area (Å²) in [5.41, 5.74) is 4.60. The van der Waals surface area contributed by atoms with Crippen molar-refractivity contribution in [3.8, 4) is 0 Å². The third-order valence-electron chi connectivity index (χ3n) is 4.25. The van der Waals surface area contributed by atoms with Gasteiger partial charge >= 0.3 is 0 Å². The summed E-state index contributed by atoms with van der Waals surface area (Å²) in [5.74, 6) is -0.0698. The highest BCUT2D eigenvalue weighted by Crippen LogP contribution is 2.25. The summed E-state index contributed by atoms with van der Waals surface area (Å²) >= 11 is 0. The third kappa shape index (κ3) is 6.89. The van der Waals surface area contributed by atoms with Crippen molar-refractivity contribution in [2.75, 3.05) is 13.6 Å². The fourth-order valence-corrected chi connectivity index (χ4v) is 2.43. The predicted molar refractivity (Wildman–Crippen MR) is 113 cm³/mol. The quantitative estimate of drug-likeness (QED) is 0.555. The van der Waals surface area contributed by atoms with Gasteiger partial charge in [0.1, 0.15) is 0 Å². The SMILES string of the molecule is C/C=C(C)/C(=C\C(=C/C)N(C)C=O)c1ccc(C(=O)NCC(C)(C)C)cc1. The zero-order valence-corrected chi connectivity index (χ0v) is 17.6. The zero-order chi connectivity index (χ0) is 20.6. The number of nitrogens with one attached hydrogen (secondary N) is 1. The van der Waals surface area contributed by atoms with Gasteiger partial charge in [0.25, 0.3) is 5.91 Å². The molecule has 0 unspecified atom stereocenters. The van der Waals surface area contributed by atoms with E-state index >= 15 is 0 Å². The second kappa shape index (κ2) is 9.91. The van der Waals surface area contributed by atoms with Gasteiger partial charge < -0.3 is 10.2 Å². The molecular formula is C23H32N2O2. The number of carbonyl (C=O) groups excluding carboxylic acids is 2. The number of nitrogens with zero attached hydrogens (tertiary/aromatic N) is 1. The van der Waals surface area contributed by atoms with Crippen molar-refractivity contribution in [2.24, 2.45) is 5.41 Å². The Hall–Kier alpha value is -2.62. The first-order valence-electron chi connectivity index (χ1n) is 9.21. The molecule has 0 heterocycles. The van der Waals surface area contributed by atoms with Gasteiger partial charge in [0.15, 0.2) is 0 Å². The molecule has 2 amide bonds. The van der Waals surface area contributed by atoms with Crippen LogP contribution in [0.4, 0.5) is 0 Å². The smallest absolute Gasteiger partial charge is 0.251 e. The van der Waals surface area contributed by atoms with E-state index in [-0.39, 0.29) is 11.3 Å². The Morgan fingerprint density at radius 3 is 2.07 bits per heavy atom. The lowest BCUT2D eigenvalue weighted by Gasteiger charge is -2.19. The van der Waals surface area contributed by atoms with Gasteiger partial charge in [0.2, 0.25) is 6.41 Å². The van der Waals surface area contributed by atoms with Gasteiger partial charge in [-0.1, -0.05) is 45.1 Å². The molecule has 1 rings (SSSR count). The summed E-state index contributed by atoms with van der Waals surface area (Å²) in [7, 11) is 1.73. The molecule has 146 valence electrons. The van der Waals surface area contributed by atoms with Gasteiger partial charge in [-0.05, 0) is 61.1 Å². The highest BCUT2D eigenvalue weighted by atomic mass is 16.1. The Morgan fingerprint density at radius 1 is 1.07 bits per heavy atom. The van der Waals surface area contributed by atoms with Crippen LogP contribution >= 0.6 is 0 Å². The third-order valence-corrected chi connectivity index (χ3v) is 4.25. The molecule has 0 aliphatic carbocycles. The summed E-state index contributed by atoms with van der Waals surface area (Å²) in [6.45, 7) is 12.8. The van der Waals surface area contributed by atoms with Crippen molar-refractivity contribution in [1.29, 1.82) is 0 Å². The van der Waals surface area contributed by atoms with Crippen LogP contribution in [0.25, 0.3) is 5.57 Å². The Bertz CT molecular complexity index is 748. The summed E-state index contributed by atoms with van der Waals surface area (Å²) in [5, 5.41) is 2.97. The van der Waals surface area contributed by atoms with Gasteiger partial charge in [-0.15, -0.1) is 0 Å². The molecule has 0 aliphatic rings. The highest BCUT2D eigenvalue weighted by molar-refractivity contribution is 5.94. The van der Waals surface area contributed by atoms with Crippen LogP contribution in [0.3, 0.4) is 0 Å². The standard InChI is InChI=1S/C23H32N2O2/c1-8-17(3)21(14-20(9-2)25(7)16-26)18-10-12-19(13-11-18)22(27)24-15-23(4,5)6/h8-14,16H,15H2,1-7H3,(H,24,27)/b17-8+,20-9+,21-14+. The molecule has 0 radical (unpaired) electrons. The van der Waals surface area contributed by atoms with E-state index in [1.807, 2.05) is 63.3 Å². The molecule has 0 atom stereocenters. The molecular weight excluding hydrogens is 336 g/mol. The van der Waals surface area contributed by atoms with Gasteiger partial charge in [0.05, 0.1) is 0 Å².